The molecule has 0 aliphatic heterocycles. The Morgan fingerprint density at radius 2 is 1.96 bits per heavy atom. The number of H-pyrrole nitrogens is 1. The summed E-state index contributed by atoms with van der Waals surface area (Å²) in [5.41, 5.74) is 2.96. The number of imidazole rings is 1. The number of nitrogens with zero attached hydrogens (tertiary/aromatic N) is 1. The van der Waals surface area contributed by atoms with Crippen LogP contribution in [0.1, 0.15) is 24.2 Å². The van der Waals surface area contributed by atoms with Gasteiger partial charge in [0.15, 0.2) is 5.78 Å². The predicted molar refractivity (Wildman–Crippen MR) is 93.3 cm³/mol. The molecule has 0 unspecified atom stereocenters. The van der Waals surface area contributed by atoms with E-state index in [0.717, 1.165) is 28.2 Å². The van der Waals surface area contributed by atoms with E-state index in [9.17, 15) is 4.79 Å². The van der Waals surface area contributed by atoms with Crippen LogP contribution in [0.3, 0.4) is 0 Å². The third kappa shape index (κ3) is 3.46. The Kier molecular flexibility index (Phi) is 4.62. The Labute approximate surface area is 140 Å². The number of ether oxygens (including phenoxy) is 1. The molecule has 0 saturated carbocycles. The number of nitrogens with one attached hydrogen (secondary N) is 1. The minimum absolute atomic E-state index is 0.306. The number of aromatic amines is 1. The lowest BCUT2D eigenvalue weighted by Gasteiger charge is -2.08. The molecule has 0 saturated heterocycles. The lowest BCUT2D eigenvalue weighted by molar-refractivity contribution is 0.0904. The van der Waals surface area contributed by atoms with Crippen molar-refractivity contribution in [3.8, 4) is 17.1 Å². The number of hydrogen-bond acceptors (Lipinski definition) is 4. The molecule has 0 fully saturated rings. The van der Waals surface area contributed by atoms with Gasteiger partial charge in [0.25, 0.3) is 0 Å². The number of carbonyl (C=O) groups excluding carboxylic acids is 1. The fraction of sp³-hybridized carbons (Fsp3) is 0.263. The van der Waals surface area contributed by atoms with Crippen molar-refractivity contribution in [3.63, 3.8) is 0 Å². The van der Waals surface area contributed by atoms with Gasteiger partial charge in [-0.05, 0) is 48.4 Å². The highest BCUT2D eigenvalue weighted by Gasteiger charge is 2.09. The Balaban J connectivity index is 1.85. The Morgan fingerprint density at radius 3 is 2.62 bits per heavy atom. The quantitative estimate of drug-likeness (QED) is 0.681. The molecule has 1 aromatic heterocycles. The zero-order valence-electron chi connectivity index (χ0n) is 13.7. The lowest BCUT2D eigenvalue weighted by Crippen LogP contribution is -2.04. The number of hydrogen-bond donors (Lipinski definition) is 2. The molecule has 24 heavy (non-hydrogen) atoms. The average molecular weight is 324 g/mol. The van der Waals surface area contributed by atoms with Crippen LogP contribution in [0.25, 0.3) is 22.4 Å². The monoisotopic (exact) mass is 324 g/mol. The first-order valence-electron chi connectivity index (χ1n) is 7.94. The molecule has 5 heteroatoms. The normalized spacial score (nSPS) is 11.2. The summed E-state index contributed by atoms with van der Waals surface area (Å²) in [5.74, 6) is 1.74. The van der Waals surface area contributed by atoms with Crippen molar-refractivity contribution in [1.82, 2.24) is 9.97 Å². The summed E-state index contributed by atoms with van der Waals surface area (Å²) in [6.45, 7) is 4.41. The van der Waals surface area contributed by atoms with Gasteiger partial charge in [0.1, 0.15) is 18.2 Å². The van der Waals surface area contributed by atoms with E-state index in [0.29, 0.717) is 18.1 Å². The van der Waals surface area contributed by atoms with Crippen LogP contribution in [0.5, 0.6) is 5.75 Å². The van der Waals surface area contributed by atoms with E-state index < -0.39 is 6.61 Å². The Hall–Kier alpha value is -2.66. The molecule has 5 nitrogen and oxygen atoms in total. The van der Waals surface area contributed by atoms with Gasteiger partial charge in [0, 0.05) is 11.1 Å². The van der Waals surface area contributed by atoms with Crippen LogP contribution >= 0.6 is 0 Å². The highest BCUT2D eigenvalue weighted by atomic mass is 16.5. The van der Waals surface area contributed by atoms with Gasteiger partial charge in [0.2, 0.25) is 0 Å². The van der Waals surface area contributed by atoms with E-state index in [1.807, 2.05) is 24.3 Å². The van der Waals surface area contributed by atoms with Crippen molar-refractivity contribution in [2.75, 3.05) is 13.2 Å². The highest BCUT2D eigenvalue weighted by Crippen LogP contribution is 2.24. The predicted octanol–water partition coefficient (Wildman–Crippen LogP) is 3.44. The summed E-state index contributed by atoms with van der Waals surface area (Å²) < 4.78 is 5.68. The second-order valence-electron chi connectivity index (χ2n) is 6.13. The summed E-state index contributed by atoms with van der Waals surface area (Å²) in [7, 11) is 0. The van der Waals surface area contributed by atoms with Gasteiger partial charge in [-0.3, -0.25) is 4.79 Å². The maximum absolute atomic E-state index is 11.6. The zero-order valence-corrected chi connectivity index (χ0v) is 13.7. The number of aliphatic hydroxyl groups is 1. The van der Waals surface area contributed by atoms with Gasteiger partial charge in [-0.15, -0.1) is 0 Å². The molecule has 124 valence electrons. The van der Waals surface area contributed by atoms with Crippen LogP contribution in [0.2, 0.25) is 0 Å². The first-order valence-corrected chi connectivity index (χ1v) is 7.94. The molecule has 0 aliphatic carbocycles. The minimum atomic E-state index is -0.496. The molecule has 1 heterocycles. The molecule has 3 aromatic rings. The minimum Gasteiger partial charge on any atom is -0.493 e. The fourth-order valence-corrected chi connectivity index (χ4v) is 2.38. The summed E-state index contributed by atoms with van der Waals surface area (Å²) in [6.07, 6.45) is 0. The van der Waals surface area contributed by atoms with Gasteiger partial charge in [-0.25, -0.2) is 4.98 Å². The van der Waals surface area contributed by atoms with Gasteiger partial charge >= 0.3 is 0 Å². The first kappa shape index (κ1) is 16.2. The molecular weight excluding hydrogens is 304 g/mol. The van der Waals surface area contributed by atoms with Crippen LogP contribution in [-0.4, -0.2) is 34.1 Å². The third-order valence-corrected chi connectivity index (χ3v) is 3.66. The smallest absolute Gasteiger partial charge is 0.188 e. The molecule has 0 atom stereocenters. The van der Waals surface area contributed by atoms with Crippen LogP contribution in [-0.2, 0) is 0 Å². The number of aromatic nitrogens is 2. The van der Waals surface area contributed by atoms with E-state index in [4.69, 9.17) is 9.84 Å². The number of aliphatic hydroxyl groups excluding tert-OH is 1. The van der Waals surface area contributed by atoms with Crippen molar-refractivity contribution in [3.05, 3.63) is 48.0 Å². The molecule has 2 aromatic carbocycles. The van der Waals surface area contributed by atoms with E-state index in [1.54, 1.807) is 18.2 Å². The van der Waals surface area contributed by atoms with Crippen LogP contribution in [0.15, 0.2) is 42.5 Å². The molecule has 3 rings (SSSR count). The summed E-state index contributed by atoms with van der Waals surface area (Å²) in [4.78, 5) is 19.3. The van der Waals surface area contributed by atoms with Gasteiger partial charge in [-0.2, -0.15) is 0 Å². The van der Waals surface area contributed by atoms with E-state index >= 15 is 0 Å². The average Bonchev–Trinajstić information content (AvgIpc) is 3.02. The fourth-order valence-electron chi connectivity index (χ4n) is 2.38. The number of rotatable bonds is 6. The zero-order chi connectivity index (χ0) is 17.1. The van der Waals surface area contributed by atoms with E-state index in [1.165, 1.54) is 0 Å². The van der Waals surface area contributed by atoms with Gasteiger partial charge in [-0.1, -0.05) is 13.8 Å². The number of ketones is 1. The van der Waals surface area contributed by atoms with E-state index in [-0.39, 0.29) is 5.78 Å². The second-order valence-corrected chi connectivity index (χ2v) is 6.13. The van der Waals surface area contributed by atoms with E-state index in [2.05, 4.69) is 23.8 Å². The van der Waals surface area contributed by atoms with Crippen molar-refractivity contribution in [1.29, 1.82) is 0 Å². The second kappa shape index (κ2) is 6.84. The molecular formula is C19H20N2O3. The largest absolute Gasteiger partial charge is 0.493 e. The SMILES string of the molecule is CC(C)COc1ccc(-c2nc3ccc(C(=O)CO)cc3[nH]2)cc1. The highest BCUT2D eigenvalue weighted by molar-refractivity contribution is 5.99. The van der Waals surface area contributed by atoms with Crippen LogP contribution in [0.4, 0.5) is 0 Å². The van der Waals surface area contributed by atoms with Crippen molar-refractivity contribution in [2.24, 2.45) is 5.92 Å². The maximum atomic E-state index is 11.6. The lowest BCUT2D eigenvalue weighted by atomic mass is 10.1. The standard InChI is InChI=1S/C19H20N2O3/c1-12(2)11-24-15-6-3-13(4-7-15)19-20-16-8-5-14(18(23)10-22)9-17(16)21-19/h3-9,12,22H,10-11H2,1-2H3,(H,20,21). The number of carbonyl (C=O) groups is 1. The van der Waals surface area contributed by atoms with Gasteiger partial charge < -0.3 is 14.8 Å². The van der Waals surface area contributed by atoms with Crippen molar-refractivity contribution < 1.29 is 14.6 Å². The topological polar surface area (TPSA) is 75.2 Å². The molecule has 2 N–H and O–H groups in total. The van der Waals surface area contributed by atoms with Crippen LogP contribution in [0, 0.1) is 5.92 Å². The summed E-state index contributed by atoms with van der Waals surface area (Å²) in [5, 5.41) is 8.96. The van der Waals surface area contributed by atoms with Crippen molar-refractivity contribution >= 4 is 16.8 Å². The molecule has 0 aliphatic rings. The summed E-state index contributed by atoms with van der Waals surface area (Å²) >= 11 is 0. The third-order valence-electron chi connectivity index (χ3n) is 3.66. The number of fused-ring (bicyclic) bond motifs is 1. The Bertz CT molecular complexity index is 851. The molecule has 0 bridgehead atoms. The molecule has 0 radical (unpaired) electrons. The first-order chi connectivity index (χ1) is 11.6. The van der Waals surface area contributed by atoms with Crippen LogP contribution < -0.4 is 4.74 Å². The maximum Gasteiger partial charge on any atom is 0.188 e. The summed E-state index contributed by atoms with van der Waals surface area (Å²) in [6, 6.07) is 12.9. The Morgan fingerprint density at radius 1 is 1.21 bits per heavy atom. The molecule has 0 spiro atoms. The number of benzene rings is 2. The molecule has 0 amide bonds. The van der Waals surface area contributed by atoms with Crippen molar-refractivity contribution in [2.45, 2.75) is 13.8 Å². The van der Waals surface area contributed by atoms with Gasteiger partial charge in [0.05, 0.1) is 17.6 Å². The number of Topliss-reactive ketones (excluding diaryl/α,β-unsaturated/α-hetero) is 1.